The number of carbonyl (C=O) groups excluding carboxylic acids is 1. The summed E-state index contributed by atoms with van der Waals surface area (Å²) in [4.78, 5) is 12.4. The van der Waals surface area contributed by atoms with Crippen molar-refractivity contribution < 1.29 is 13.6 Å². The lowest BCUT2D eigenvalue weighted by Crippen LogP contribution is -2.15. The standard InChI is InChI=1S/C18H17F2N5OS/c1-9-13(8-16(26)21-18-23-22-17(27-18)11-3-4-11)10(2)25(24-9)15-6-5-12(19)7-14(15)20/h5-7,11H,3-4,8H2,1-2H3,(H,21,23,26). The summed E-state index contributed by atoms with van der Waals surface area (Å²) in [6.07, 6.45) is 2.33. The van der Waals surface area contributed by atoms with Crippen LogP contribution in [0.3, 0.4) is 0 Å². The first kappa shape index (κ1) is 17.7. The fourth-order valence-corrected chi connectivity index (χ4v) is 3.85. The monoisotopic (exact) mass is 389 g/mol. The number of hydrogen-bond donors (Lipinski definition) is 1. The molecule has 4 rings (SSSR count). The highest BCUT2D eigenvalue weighted by atomic mass is 32.1. The minimum absolute atomic E-state index is 0.0822. The van der Waals surface area contributed by atoms with Crippen molar-refractivity contribution in [1.82, 2.24) is 20.0 Å². The van der Waals surface area contributed by atoms with E-state index in [0.717, 1.165) is 23.9 Å². The van der Waals surface area contributed by atoms with Gasteiger partial charge in [0.15, 0.2) is 5.82 Å². The Balaban J connectivity index is 1.53. The Morgan fingerprint density at radius 3 is 2.78 bits per heavy atom. The molecule has 1 fully saturated rings. The lowest BCUT2D eigenvalue weighted by atomic mass is 10.1. The molecule has 1 amide bonds. The van der Waals surface area contributed by atoms with E-state index in [0.29, 0.717) is 28.0 Å². The third-order valence-corrected chi connectivity index (χ3v) is 5.53. The largest absolute Gasteiger partial charge is 0.300 e. The van der Waals surface area contributed by atoms with E-state index < -0.39 is 11.6 Å². The number of rotatable bonds is 5. The molecule has 0 saturated heterocycles. The Labute approximate surface area is 158 Å². The Morgan fingerprint density at radius 2 is 2.07 bits per heavy atom. The number of nitrogens with one attached hydrogen (secondary N) is 1. The average Bonchev–Trinajstić information content (AvgIpc) is 3.31. The number of anilines is 1. The molecule has 0 spiro atoms. The van der Waals surface area contributed by atoms with E-state index in [1.807, 2.05) is 0 Å². The van der Waals surface area contributed by atoms with Crippen molar-refractivity contribution in [2.24, 2.45) is 0 Å². The molecule has 27 heavy (non-hydrogen) atoms. The van der Waals surface area contributed by atoms with Gasteiger partial charge in [-0.05, 0) is 38.8 Å². The summed E-state index contributed by atoms with van der Waals surface area (Å²) in [5.74, 6) is -1.11. The Morgan fingerprint density at radius 1 is 1.30 bits per heavy atom. The maximum atomic E-state index is 14.1. The number of hydrogen-bond acceptors (Lipinski definition) is 5. The third kappa shape index (κ3) is 3.59. The second-order valence-corrected chi connectivity index (χ2v) is 7.61. The van der Waals surface area contributed by atoms with Crippen molar-refractivity contribution in [2.45, 2.75) is 39.0 Å². The van der Waals surface area contributed by atoms with Crippen LogP contribution in [0.5, 0.6) is 0 Å². The van der Waals surface area contributed by atoms with E-state index >= 15 is 0 Å². The van der Waals surface area contributed by atoms with Crippen LogP contribution in [-0.2, 0) is 11.2 Å². The zero-order chi connectivity index (χ0) is 19.1. The number of benzene rings is 1. The average molecular weight is 389 g/mol. The van der Waals surface area contributed by atoms with Crippen LogP contribution in [0, 0.1) is 25.5 Å². The van der Waals surface area contributed by atoms with Crippen LogP contribution < -0.4 is 5.32 Å². The number of aryl methyl sites for hydroxylation is 1. The summed E-state index contributed by atoms with van der Waals surface area (Å²) in [7, 11) is 0. The zero-order valence-corrected chi connectivity index (χ0v) is 15.6. The van der Waals surface area contributed by atoms with E-state index in [4.69, 9.17) is 0 Å². The van der Waals surface area contributed by atoms with E-state index in [9.17, 15) is 13.6 Å². The molecular formula is C18H17F2N5OS. The highest BCUT2D eigenvalue weighted by Crippen LogP contribution is 2.42. The lowest BCUT2D eigenvalue weighted by molar-refractivity contribution is -0.115. The molecule has 1 aliphatic carbocycles. The molecule has 0 bridgehead atoms. The van der Waals surface area contributed by atoms with Crippen molar-refractivity contribution >= 4 is 22.4 Å². The third-order valence-electron chi connectivity index (χ3n) is 4.53. The predicted molar refractivity (Wildman–Crippen MR) is 97.2 cm³/mol. The highest BCUT2D eigenvalue weighted by Gasteiger charge is 2.28. The van der Waals surface area contributed by atoms with Gasteiger partial charge in [-0.3, -0.25) is 4.79 Å². The topological polar surface area (TPSA) is 72.7 Å². The van der Waals surface area contributed by atoms with Crippen LogP contribution in [0.4, 0.5) is 13.9 Å². The Kier molecular flexibility index (Phi) is 4.47. The van der Waals surface area contributed by atoms with Crippen molar-refractivity contribution in [2.75, 3.05) is 5.32 Å². The van der Waals surface area contributed by atoms with Crippen LogP contribution in [-0.4, -0.2) is 25.9 Å². The molecule has 0 unspecified atom stereocenters. The Hall–Kier alpha value is -2.68. The molecular weight excluding hydrogens is 372 g/mol. The molecule has 1 N–H and O–H groups in total. The van der Waals surface area contributed by atoms with Crippen LogP contribution in [0.1, 0.15) is 40.7 Å². The summed E-state index contributed by atoms with van der Waals surface area (Å²) in [6, 6.07) is 3.31. The molecule has 3 aromatic rings. The number of aromatic nitrogens is 4. The van der Waals surface area contributed by atoms with Gasteiger partial charge in [0.1, 0.15) is 16.5 Å². The van der Waals surface area contributed by atoms with Crippen LogP contribution in [0.15, 0.2) is 18.2 Å². The van der Waals surface area contributed by atoms with Gasteiger partial charge in [-0.2, -0.15) is 5.10 Å². The van der Waals surface area contributed by atoms with Gasteiger partial charge >= 0.3 is 0 Å². The number of carbonyl (C=O) groups is 1. The normalized spacial score (nSPS) is 13.8. The molecule has 0 atom stereocenters. The van der Waals surface area contributed by atoms with Gasteiger partial charge in [0.05, 0.1) is 12.1 Å². The first-order valence-electron chi connectivity index (χ1n) is 8.56. The van der Waals surface area contributed by atoms with Crippen LogP contribution in [0.2, 0.25) is 0 Å². The first-order valence-corrected chi connectivity index (χ1v) is 9.38. The molecule has 6 nitrogen and oxygen atoms in total. The molecule has 0 radical (unpaired) electrons. The van der Waals surface area contributed by atoms with E-state index in [1.54, 1.807) is 13.8 Å². The SMILES string of the molecule is Cc1nn(-c2ccc(F)cc2F)c(C)c1CC(=O)Nc1nnc(C2CC2)s1. The summed E-state index contributed by atoms with van der Waals surface area (Å²) >= 11 is 1.40. The fraction of sp³-hybridized carbons (Fsp3) is 0.333. The second kappa shape index (κ2) is 6.80. The number of amides is 1. The molecule has 2 aromatic heterocycles. The van der Waals surface area contributed by atoms with Gasteiger partial charge in [0.25, 0.3) is 0 Å². The van der Waals surface area contributed by atoms with E-state index in [-0.39, 0.29) is 18.0 Å². The molecule has 1 aliphatic rings. The van der Waals surface area contributed by atoms with Crippen LogP contribution >= 0.6 is 11.3 Å². The van der Waals surface area contributed by atoms with Crippen molar-refractivity contribution in [1.29, 1.82) is 0 Å². The highest BCUT2D eigenvalue weighted by molar-refractivity contribution is 7.15. The molecule has 1 saturated carbocycles. The lowest BCUT2D eigenvalue weighted by Gasteiger charge is -2.07. The summed E-state index contributed by atoms with van der Waals surface area (Å²) in [6.45, 7) is 3.51. The van der Waals surface area contributed by atoms with Gasteiger partial charge < -0.3 is 5.32 Å². The summed E-state index contributed by atoms with van der Waals surface area (Å²) in [5.41, 5.74) is 2.08. The van der Waals surface area contributed by atoms with Crippen LogP contribution in [0.25, 0.3) is 5.69 Å². The molecule has 1 aromatic carbocycles. The minimum atomic E-state index is -0.710. The first-order chi connectivity index (χ1) is 12.9. The van der Waals surface area contributed by atoms with Crippen molar-refractivity contribution in [3.05, 3.63) is 51.8 Å². The van der Waals surface area contributed by atoms with E-state index in [2.05, 4.69) is 20.6 Å². The predicted octanol–water partition coefficient (Wildman–Crippen LogP) is 3.68. The van der Waals surface area contributed by atoms with Gasteiger partial charge in [-0.15, -0.1) is 10.2 Å². The Bertz CT molecular complexity index is 1020. The summed E-state index contributed by atoms with van der Waals surface area (Å²) in [5, 5.41) is 16.6. The van der Waals surface area contributed by atoms with Gasteiger partial charge in [0, 0.05) is 23.2 Å². The van der Waals surface area contributed by atoms with Gasteiger partial charge in [-0.1, -0.05) is 11.3 Å². The molecule has 2 heterocycles. The maximum Gasteiger partial charge on any atom is 0.230 e. The second-order valence-electron chi connectivity index (χ2n) is 6.60. The molecule has 0 aliphatic heterocycles. The molecule has 140 valence electrons. The van der Waals surface area contributed by atoms with Gasteiger partial charge in [0.2, 0.25) is 11.0 Å². The quantitative estimate of drug-likeness (QED) is 0.723. The van der Waals surface area contributed by atoms with Crippen molar-refractivity contribution in [3.63, 3.8) is 0 Å². The zero-order valence-electron chi connectivity index (χ0n) is 14.8. The smallest absolute Gasteiger partial charge is 0.230 e. The summed E-state index contributed by atoms with van der Waals surface area (Å²) < 4.78 is 28.6. The molecule has 9 heteroatoms. The number of nitrogens with zero attached hydrogens (tertiary/aromatic N) is 4. The van der Waals surface area contributed by atoms with E-state index in [1.165, 1.54) is 28.2 Å². The van der Waals surface area contributed by atoms with Gasteiger partial charge in [-0.25, -0.2) is 13.5 Å². The maximum absolute atomic E-state index is 14.1. The fourth-order valence-electron chi connectivity index (χ4n) is 2.92. The minimum Gasteiger partial charge on any atom is -0.300 e. The van der Waals surface area contributed by atoms with Crippen molar-refractivity contribution in [3.8, 4) is 5.69 Å². The number of halogens is 2.